The lowest BCUT2D eigenvalue weighted by Crippen LogP contribution is -2.39. The number of carbonyl (C=O) groups excluding carboxylic acids is 1. The molecular weight excluding hydrogens is 228 g/mol. The van der Waals surface area contributed by atoms with Crippen LogP contribution in [0.15, 0.2) is 0 Å². The van der Waals surface area contributed by atoms with Gasteiger partial charge in [0.2, 0.25) is 5.91 Å². The molecule has 2 rings (SSSR count). The van der Waals surface area contributed by atoms with Crippen molar-refractivity contribution in [1.29, 1.82) is 0 Å². The SMILES string of the molecule is NC(=O)CCC1CCN(CC2CCCOC2)CC1. The number of nitrogens with two attached hydrogens (primary N) is 1. The van der Waals surface area contributed by atoms with Crippen molar-refractivity contribution >= 4 is 5.91 Å². The van der Waals surface area contributed by atoms with Gasteiger partial charge in [-0.3, -0.25) is 4.79 Å². The van der Waals surface area contributed by atoms with Gasteiger partial charge in [-0.15, -0.1) is 0 Å². The van der Waals surface area contributed by atoms with E-state index in [-0.39, 0.29) is 5.91 Å². The van der Waals surface area contributed by atoms with Crippen LogP contribution in [0.4, 0.5) is 0 Å². The monoisotopic (exact) mass is 254 g/mol. The lowest BCUT2D eigenvalue weighted by molar-refractivity contribution is -0.118. The summed E-state index contributed by atoms with van der Waals surface area (Å²) in [5, 5.41) is 0. The Morgan fingerprint density at radius 3 is 2.61 bits per heavy atom. The van der Waals surface area contributed by atoms with E-state index in [1.807, 2.05) is 0 Å². The number of nitrogens with zero attached hydrogens (tertiary/aromatic N) is 1. The normalized spacial score (nSPS) is 27.2. The highest BCUT2D eigenvalue weighted by atomic mass is 16.5. The summed E-state index contributed by atoms with van der Waals surface area (Å²) >= 11 is 0. The molecule has 0 bridgehead atoms. The molecule has 0 saturated carbocycles. The Balaban J connectivity index is 1.62. The van der Waals surface area contributed by atoms with E-state index in [0.717, 1.165) is 25.6 Å². The average Bonchev–Trinajstić information content (AvgIpc) is 2.39. The van der Waals surface area contributed by atoms with Crippen molar-refractivity contribution in [3.05, 3.63) is 0 Å². The molecule has 2 saturated heterocycles. The largest absolute Gasteiger partial charge is 0.381 e. The molecule has 0 aromatic rings. The summed E-state index contributed by atoms with van der Waals surface area (Å²) in [5.41, 5.74) is 5.20. The van der Waals surface area contributed by atoms with Gasteiger partial charge < -0.3 is 15.4 Å². The minimum atomic E-state index is -0.156. The third kappa shape index (κ3) is 4.58. The molecule has 2 N–H and O–H groups in total. The van der Waals surface area contributed by atoms with Crippen molar-refractivity contribution in [3.8, 4) is 0 Å². The van der Waals surface area contributed by atoms with E-state index in [1.54, 1.807) is 0 Å². The molecule has 0 aromatic carbocycles. The smallest absolute Gasteiger partial charge is 0.217 e. The Hall–Kier alpha value is -0.610. The fourth-order valence-electron chi connectivity index (χ4n) is 3.12. The summed E-state index contributed by atoms with van der Waals surface area (Å²) in [6, 6.07) is 0. The second-order valence-electron chi connectivity index (χ2n) is 5.83. The van der Waals surface area contributed by atoms with Gasteiger partial charge in [-0.2, -0.15) is 0 Å². The van der Waals surface area contributed by atoms with Gasteiger partial charge in [-0.05, 0) is 57.0 Å². The number of likely N-dealkylation sites (tertiary alicyclic amines) is 1. The molecule has 1 atom stereocenters. The molecule has 0 aromatic heterocycles. The number of piperidine rings is 1. The summed E-state index contributed by atoms with van der Waals surface area (Å²) in [6.45, 7) is 5.45. The van der Waals surface area contributed by atoms with Gasteiger partial charge in [0.1, 0.15) is 0 Å². The van der Waals surface area contributed by atoms with Crippen LogP contribution in [-0.2, 0) is 9.53 Å². The van der Waals surface area contributed by atoms with E-state index in [9.17, 15) is 4.79 Å². The fraction of sp³-hybridized carbons (Fsp3) is 0.929. The molecule has 0 spiro atoms. The third-order valence-electron chi connectivity index (χ3n) is 4.28. The first-order chi connectivity index (χ1) is 8.74. The van der Waals surface area contributed by atoms with Crippen LogP contribution in [0, 0.1) is 11.8 Å². The van der Waals surface area contributed by atoms with Gasteiger partial charge >= 0.3 is 0 Å². The van der Waals surface area contributed by atoms with Crippen molar-refractivity contribution in [2.24, 2.45) is 17.6 Å². The van der Waals surface area contributed by atoms with Gasteiger partial charge in [-0.1, -0.05) is 0 Å². The molecule has 2 heterocycles. The summed E-state index contributed by atoms with van der Waals surface area (Å²) in [5.74, 6) is 1.29. The highest BCUT2D eigenvalue weighted by Crippen LogP contribution is 2.23. The zero-order valence-electron chi connectivity index (χ0n) is 11.3. The second kappa shape index (κ2) is 7.10. The number of hydrogen-bond acceptors (Lipinski definition) is 3. The van der Waals surface area contributed by atoms with Crippen LogP contribution in [0.2, 0.25) is 0 Å². The molecule has 4 nitrogen and oxygen atoms in total. The van der Waals surface area contributed by atoms with E-state index < -0.39 is 0 Å². The molecule has 0 radical (unpaired) electrons. The second-order valence-corrected chi connectivity index (χ2v) is 5.83. The minimum absolute atomic E-state index is 0.156. The van der Waals surface area contributed by atoms with E-state index >= 15 is 0 Å². The summed E-state index contributed by atoms with van der Waals surface area (Å²) < 4.78 is 5.53. The van der Waals surface area contributed by atoms with E-state index in [0.29, 0.717) is 12.3 Å². The van der Waals surface area contributed by atoms with Crippen molar-refractivity contribution < 1.29 is 9.53 Å². The molecule has 2 fully saturated rings. The average molecular weight is 254 g/mol. The number of hydrogen-bond donors (Lipinski definition) is 1. The van der Waals surface area contributed by atoms with Gasteiger partial charge in [0.05, 0.1) is 6.61 Å². The van der Waals surface area contributed by atoms with E-state index in [2.05, 4.69) is 4.90 Å². The molecule has 18 heavy (non-hydrogen) atoms. The lowest BCUT2D eigenvalue weighted by atomic mass is 9.91. The summed E-state index contributed by atoms with van der Waals surface area (Å²) in [4.78, 5) is 13.3. The standard InChI is InChI=1S/C14H26N2O2/c15-14(17)4-3-12-5-7-16(8-6-12)10-13-2-1-9-18-11-13/h12-13H,1-11H2,(H2,15,17). The number of rotatable bonds is 5. The van der Waals surface area contributed by atoms with Crippen LogP contribution in [0.3, 0.4) is 0 Å². The number of amides is 1. The number of primary amides is 1. The predicted molar refractivity (Wildman–Crippen MR) is 71.1 cm³/mol. The van der Waals surface area contributed by atoms with E-state index in [1.165, 1.54) is 45.3 Å². The zero-order valence-corrected chi connectivity index (χ0v) is 11.3. The molecule has 104 valence electrons. The van der Waals surface area contributed by atoms with Gasteiger partial charge in [0, 0.05) is 19.6 Å². The Labute approximate surface area is 110 Å². The Kier molecular flexibility index (Phi) is 5.45. The van der Waals surface area contributed by atoms with Crippen LogP contribution >= 0.6 is 0 Å². The first kappa shape index (κ1) is 13.8. The van der Waals surface area contributed by atoms with Gasteiger partial charge in [0.15, 0.2) is 0 Å². The Bertz CT molecular complexity index is 257. The predicted octanol–water partition coefficient (Wildman–Crippen LogP) is 1.39. The highest BCUT2D eigenvalue weighted by Gasteiger charge is 2.23. The summed E-state index contributed by atoms with van der Waals surface area (Å²) in [7, 11) is 0. The van der Waals surface area contributed by atoms with E-state index in [4.69, 9.17) is 10.5 Å². The molecule has 4 heteroatoms. The molecule has 2 aliphatic heterocycles. The molecular formula is C14H26N2O2. The molecule has 0 aliphatic carbocycles. The lowest BCUT2D eigenvalue weighted by Gasteiger charge is -2.35. The maximum Gasteiger partial charge on any atom is 0.217 e. The first-order valence-corrected chi connectivity index (χ1v) is 7.32. The number of ether oxygens (including phenoxy) is 1. The first-order valence-electron chi connectivity index (χ1n) is 7.32. The fourth-order valence-corrected chi connectivity index (χ4v) is 3.12. The summed E-state index contributed by atoms with van der Waals surface area (Å²) in [6.07, 6.45) is 6.53. The Morgan fingerprint density at radius 1 is 1.22 bits per heavy atom. The van der Waals surface area contributed by atoms with Crippen LogP contribution in [0.25, 0.3) is 0 Å². The maximum atomic E-state index is 10.8. The van der Waals surface area contributed by atoms with Gasteiger partial charge in [-0.25, -0.2) is 0 Å². The maximum absolute atomic E-state index is 10.8. The Morgan fingerprint density at radius 2 is 2.00 bits per heavy atom. The van der Waals surface area contributed by atoms with Crippen LogP contribution in [0.1, 0.15) is 38.5 Å². The van der Waals surface area contributed by atoms with Crippen LogP contribution in [0.5, 0.6) is 0 Å². The number of carbonyl (C=O) groups is 1. The quantitative estimate of drug-likeness (QED) is 0.806. The van der Waals surface area contributed by atoms with Crippen molar-refractivity contribution in [1.82, 2.24) is 4.90 Å². The topological polar surface area (TPSA) is 55.6 Å². The zero-order chi connectivity index (χ0) is 12.8. The van der Waals surface area contributed by atoms with Crippen molar-refractivity contribution in [2.75, 3.05) is 32.8 Å². The van der Waals surface area contributed by atoms with Crippen LogP contribution in [-0.4, -0.2) is 43.7 Å². The molecule has 1 unspecified atom stereocenters. The van der Waals surface area contributed by atoms with Gasteiger partial charge in [0.25, 0.3) is 0 Å². The van der Waals surface area contributed by atoms with Crippen LogP contribution < -0.4 is 5.73 Å². The minimum Gasteiger partial charge on any atom is -0.381 e. The third-order valence-corrected chi connectivity index (χ3v) is 4.28. The highest BCUT2D eigenvalue weighted by molar-refractivity contribution is 5.73. The van der Waals surface area contributed by atoms with Crippen molar-refractivity contribution in [3.63, 3.8) is 0 Å². The van der Waals surface area contributed by atoms with Crippen molar-refractivity contribution in [2.45, 2.75) is 38.5 Å². The molecule has 2 aliphatic rings. The molecule has 1 amide bonds.